The van der Waals surface area contributed by atoms with Gasteiger partial charge in [0.1, 0.15) is 5.56 Å². The van der Waals surface area contributed by atoms with E-state index >= 15 is 0 Å². The third-order valence-corrected chi connectivity index (χ3v) is 4.65. The van der Waals surface area contributed by atoms with Gasteiger partial charge in [0.2, 0.25) is 5.82 Å². The summed E-state index contributed by atoms with van der Waals surface area (Å²) in [5.41, 5.74) is 2.28. The molecule has 0 saturated carbocycles. The number of carbonyl (C=O) groups is 2. The molecule has 2 amide bonds. The van der Waals surface area contributed by atoms with Gasteiger partial charge in [-0.2, -0.15) is 0 Å². The zero-order chi connectivity index (χ0) is 24.1. The number of hydroxylamine groups is 1. The van der Waals surface area contributed by atoms with Crippen LogP contribution < -0.4 is 5.48 Å². The second kappa shape index (κ2) is 10.2. The third-order valence-electron chi connectivity index (χ3n) is 4.65. The van der Waals surface area contributed by atoms with Crippen molar-refractivity contribution in [3.8, 4) is 0 Å². The maximum atomic E-state index is 13.9. The van der Waals surface area contributed by atoms with Crippen LogP contribution in [0, 0.1) is 29.1 Å². The fourth-order valence-corrected chi connectivity index (χ4v) is 2.91. The van der Waals surface area contributed by atoms with Gasteiger partial charge >= 0.3 is 0 Å². The number of rotatable bonds is 7. The average Bonchev–Trinajstić information content (AvgIpc) is 2.82. The second-order valence-corrected chi connectivity index (χ2v) is 7.01. The minimum absolute atomic E-state index is 0.162. The molecule has 0 spiro atoms. The van der Waals surface area contributed by atoms with Crippen molar-refractivity contribution in [3.63, 3.8) is 0 Å². The number of hydrogen-bond acceptors (Lipinski definition) is 3. The summed E-state index contributed by atoms with van der Waals surface area (Å²) in [4.78, 5) is 30.4. The van der Waals surface area contributed by atoms with Crippen molar-refractivity contribution in [2.24, 2.45) is 0 Å². The average molecular weight is 464 g/mol. The van der Waals surface area contributed by atoms with E-state index in [-0.39, 0.29) is 18.7 Å². The lowest BCUT2D eigenvalue weighted by Crippen LogP contribution is -2.29. The van der Waals surface area contributed by atoms with E-state index in [4.69, 9.17) is 4.84 Å². The lowest BCUT2D eigenvalue weighted by Gasteiger charge is -2.18. The summed E-state index contributed by atoms with van der Waals surface area (Å²) in [6.45, 7) is -0.0556. The molecule has 0 bridgehead atoms. The summed E-state index contributed by atoms with van der Waals surface area (Å²) >= 11 is 0. The first-order valence-corrected chi connectivity index (χ1v) is 9.52. The smallest absolute Gasteiger partial charge is 0.274 e. The van der Waals surface area contributed by atoms with Gasteiger partial charge in [0.05, 0.1) is 6.61 Å². The highest BCUT2D eigenvalue weighted by molar-refractivity contribution is 5.95. The molecule has 0 heterocycles. The molecule has 0 aromatic heterocycles. The Morgan fingerprint density at radius 2 is 1.33 bits per heavy atom. The number of hydrogen-bond donors (Lipinski definition) is 1. The van der Waals surface area contributed by atoms with Crippen molar-refractivity contribution in [1.82, 2.24) is 10.4 Å². The molecule has 0 saturated heterocycles. The maximum absolute atomic E-state index is 13.9. The fraction of sp³-hybridized carbons (Fsp3) is 0.130. The molecule has 0 atom stereocenters. The molecular weight excluding hydrogens is 447 g/mol. The van der Waals surface area contributed by atoms with Gasteiger partial charge in [-0.15, -0.1) is 0 Å². The quantitative estimate of drug-likeness (QED) is 0.242. The van der Waals surface area contributed by atoms with Crippen LogP contribution in [-0.2, 0) is 18.0 Å². The van der Waals surface area contributed by atoms with E-state index in [1.165, 1.54) is 24.3 Å². The van der Waals surface area contributed by atoms with Gasteiger partial charge in [-0.1, -0.05) is 42.5 Å². The molecule has 0 aliphatic carbocycles. The first kappa shape index (κ1) is 23.9. The van der Waals surface area contributed by atoms with Crippen LogP contribution in [0.2, 0.25) is 0 Å². The Balaban J connectivity index is 1.63. The Labute approximate surface area is 185 Å². The fourth-order valence-electron chi connectivity index (χ4n) is 2.91. The van der Waals surface area contributed by atoms with Crippen molar-refractivity contribution < 1.29 is 36.4 Å². The molecule has 1 N–H and O–H groups in total. The van der Waals surface area contributed by atoms with Gasteiger partial charge in [-0.3, -0.25) is 14.4 Å². The minimum Gasteiger partial charge on any atom is -0.337 e. The highest BCUT2D eigenvalue weighted by Crippen LogP contribution is 2.24. The van der Waals surface area contributed by atoms with Crippen LogP contribution >= 0.6 is 0 Å². The van der Waals surface area contributed by atoms with E-state index in [9.17, 15) is 31.5 Å². The van der Waals surface area contributed by atoms with E-state index in [2.05, 4.69) is 5.48 Å². The van der Waals surface area contributed by atoms with Gasteiger partial charge < -0.3 is 4.90 Å². The normalized spacial score (nSPS) is 10.7. The molecule has 10 heteroatoms. The third kappa shape index (κ3) is 5.35. The molecule has 0 unspecified atom stereocenters. The first-order chi connectivity index (χ1) is 15.7. The molecule has 0 aliphatic rings. The second-order valence-electron chi connectivity index (χ2n) is 7.01. The van der Waals surface area contributed by atoms with Crippen LogP contribution in [0.3, 0.4) is 0 Å². The zero-order valence-corrected chi connectivity index (χ0v) is 17.2. The largest absolute Gasteiger partial charge is 0.337 e. The van der Waals surface area contributed by atoms with E-state index in [1.54, 1.807) is 0 Å². The zero-order valence-electron chi connectivity index (χ0n) is 17.2. The number of halogens is 5. The first-order valence-electron chi connectivity index (χ1n) is 9.52. The number of nitrogens with zero attached hydrogens (tertiary/aromatic N) is 1. The van der Waals surface area contributed by atoms with Crippen molar-refractivity contribution in [2.45, 2.75) is 13.2 Å². The van der Waals surface area contributed by atoms with E-state index in [0.29, 0.717) is 5.56 Å². The standard InChI is InChI=1S/C23H17F5N2O3/c1-30(23(32)16-17(24)19(26)21(28)20(27)18(16)25)11-13-7-9-15(10-8-13)22(31)29-33-12-14-5-3-2-4-6-14/h2-10H,11-12H2,1H3,(H,29,31). The van der Waals surface area contributed by atoms with Crippen LogP contribution in [0.25, 0.3) is 0 Å². The predicted octanol–water partition coefficient (Wildman–Crippen LogP) is 4.52. The highest BCUT2D eigenvalue weighted by Gasteiger charge is 2.31. The summed E-state index contributed by atoms with van der Waals surface area (Å²) < 4.78 is 67.7. The Bertz CT molecular complexity index is 1140. The summed E-state index contributed by atoms with van der Waals surface area (Å²) in [6.07, 6.45) is 0. The summed E-state index contributed by atoms with van der Waals surface area (Å²) in [7, 11) is 1.14. The van der Waals surface area contributed by atoms with Gasteiger partial charge in [-0.25, -0.2) is 27.4 Å². The van der Waals surface area contributed by atoms with E-state index < -0.39 is 46.5 Å². The van der Waals surface area contributed by atoms with Crippen molar-refractivity contribution in [2.75, 3.05) is 7.05 Å². The Hall–Kier alpha value is -3.79. The number of benzene rings is 3. The molecule has 0 aliphatic heterocycles. The molecular formula is C23H17F5N2O3. The molecule has 3 aromatic rings. The molecule has 0 radical (unpaired) electrons. The van der Waals surface area contributed by atoms with E-state index in [0.717, 1.165) is 17.5 Å². The summed E-state index contributed by atoms with van der Waals surface area (Å²) in [5.74, 6) is -13.1. The molecule has 33 heavy (non-hydrogen) atoms. The van der Waals surface area contributed by atoms with Crippen LogP contribution in [0.4, 0.5) is 22.0 Å². The maximum Gasteiger partial charge on any atom is 0.274 e. The van der Waals surface area contributed by atoms with Crippen LogP contribution in [0.15, 0.2) is 54.6 Å². The van der Waals surface area contributed by atoms with Crippen molar-refractivity contribution in [1.29, 1.82) is 0 Å². The molecule has 3 aromatic carbocycles. The lowest BCUT2D eigenvalue weighted by atomic mass is 10.1. The Morgan fingerprint density at radius 1 is 0.788 bits per heavy atom. The van der Waals surface area contributed by atoms with Crippen molar-refractivity contribution >= 4 is 11.8 Å². The van der Waals surface area contributed by atoms with Gasteiger partial charge in [0, 0.05) is 19.2 Å². The van der Waals surface area contributed by atoms with E-state index in [1.807, 2.05) is 30.3 Å². The van der Waals surface area contributed by atoms with Crippen LogP contribution in [-0.4, -0.2) is 23.8 Å². The Kier molecular flexibility index (Phi) is 7.39. The number of carbonyl (C=O) groups excluding carboxylic acids is 2. The predicted molar refractivity (Wildman–Crippen MR) is 107 cm³/mol. The Morgan fingerprint density at radius 3 is 1.91 bits per heavy atom. The monoisotopic (exact) mass is 464 g/mol. The van der Waals surface area contributed by atoms with Crippen molar-refractivity contribution in [3.05, 3.63) is 106 Å². The molecule has 0 fully saturated rings. The summed E-state index contributed by atoms with van der Waals surface area (Å²) in [5, 5.41) is 0. The number of nitrogens with one attached hydrogen (secondary N) is 1. The molecule has 172 valence electrons. The molecule has 5 nitrogen and oxygen atoms in total. The molecule has 3 rings (SSSR count). The van der Waals surface area contributed by atoms with Gasteiger partial charge in [-0.05, 0) is 23.3 Å². The number of amides is 2. The van der Waals surface area contributed by atoms with Gasteiger partial charge in [0.25, 0.3) is 11.8 Å². The van der Waals surface area contributed by atoms with Crippen LogP contribution in [0.1, 0.15) is 31.8 Å². The minimum atomic E-state index is -2.34. The summed E-state index contributed by atoms with van der Waals surface area (Å²) in [6, 6.07) is 14.9. The topological polar surface area (TPSA) is 58.6 Å². The van der Waals surface area contributed by atoms with Gasteiger partial charge in [0.15, 0.2) is 23.3 Å². The highest BCUT2D eigenvalue weighted by atomic mass is 19.2. The van der Waals surface area contributed by atoms with Crippen LogP contribution in [0.5, 0.6) is 0 Å². The SMILES string of the molecule is CN(Cc1ccc(C(=O)NOCc2ccccc2)cc1)C(=O)c1c(F)c(F)c(F)c(F)c1F. The lowest BCUT2D eigenvalue weighted by molar-refractivity contribution is 0.0233.